The SMILES string of the molecule is COc1ccc(/C=C/C(=O)NC(=S)NNC(=O)c2ccccc2Cl)cc1. The molecule has 26 heavy (non-hydrogen) atoms. The Morgan fingerprint density at radius 3 is 2.42 bits per heavy atom. The predicted molar refractivity (Wildman–Crippen MR) is 105 cm³/mol. The van der Waals surface area contributed by atoms with E-state index in [0.29, 0.717) is 5.02 Å². The van der Waals surface area contributed by atoms with Gasteiger partial charge in [-0.1, -0.05) is 35.9 Å². The van der Waals surface area contributed by atoms with Gasteiger partial charge in [0.1, 0.15) is 5.75 Å². The highest BCUT2D eigenvalue weighted by Crippen LogP contribution is 2.14. The van der Waals surface area contributed by atoms with Crippen LogP contribution in [0.1, 0.15) is 15.9 Å². The van der Waals surface area contributed by atoms with Crippen LogP contribution in [0.15, 0.2) is 54.6 Å². The van der Waals surface area contributed by atoms with Gasteiger partial charge in [-0.15, -0.1) is 0 Å². The monoisotopic (exact) mass is 389 g/mol. The summed E-state index contributed by atoms with van der Waals surface area (Å²) in [6.07, 6.45) is 2.95. The molecule has 2 rings (SSSR count). The minimum absolute atomic E-state index is 0.0465. The number of nitrogens with one attached hydrogen (secondary N) is 3. The van der Waals surface area contributed by atoms with E-state index in [9.17, 15) is 9.59 Å². The van der Waals surface area contributed by atoms with Crippen molar-refractivity contribution in [3.05, 3.63) is 70.8 Å². The van der Waals surface area contributed by atoms with Gasteiger partial charge in [0.25, 0.3) is 5.91 Å². The fraction of sp³-hybridized carbons (Fsp3) is 0.0556. The van der Waals surface area contributed by atoms with Crippen molar-refractivity contribution in [2.75, 3.05) is 7.11 Å². The molecule has 0 aliphatic rings. The highest BCUT2D eigenvalue weighted by Gasteiger charge is 2.09. The zero-order valence-corrected chi connectivity index (χ0v) is 15.4. The molecule has 8 heteroatoms. The van der Waals surface area contributed by atoms with Crippen LogP contribution >= 0.6 is 23.8 Å². The number of rotatable bonds is 4. The van der Waals surface area contributed by atoms with Gasteiger partial charge in [-0.05, 0) is 48.1 Å². The van der Waals surface area contributed by atoms with E-state index in [2.05, 4.69) is 16.2 Å². The molecule has 0 aliphatic carbocycles. The van der Waals surface area contributed by atoms with Crippen LogP contribution in [0.25, 0.3) is 6.08 Å². The number of amides is 2. The second-order valence-electron chi connectivity index (χ2n) is 4.98. The van der Waals surface area contributed by atoms with Gasteiger partial charge in [0, 0.05) is 6.08 Å². The molecule has 2 aromatic rings. The summed E-state index contributed by atoms with van der Waals surface area (Å²) in [5.41, 5.74) is 5.92. The molecule has 3 N–H and O–H groups in total. The molecule has 6 nitrogen and oxygen atoms in total. The lowest BCUT2D eigenvalue weighted by molar-refractivity contribution is -0.115. The molecular formula is C18H16ClN3O3S. The molecule has 0 saturated heterocycles. The van der Waals surface area contributed by atoms with Gasteiger partial charge in [0.05, 0.1) is 17.7 Å². The summed E-state index contributed by atoms with van der Waals surface area (Å²) >= 11 is 10.9. The fourth-order valence-corrected chi connectivity index (χ4v) is 2.27. The Balaban J connectivity index is 1.81. The van der Waals surface area contributed by atoms with Gasteiger partial charge >= 0.3 is 0 Å². The molecule has 2 amide bonds. The zero-order valence-electron chi connectivity index (χ0n) is 13.8. The summed E-state index contributed by atoms with van der Waals surface area (Å²) < 4.78 is 5.06. The summed E-state index contributed by atoms with van der Waals surface area (Å²) in [6.45, 7) is 0. The van der Waals surface area contributed by atoms with Gasteiger partial charge in [-0.25, -0.2) is 0 Å². The molecule has 0 aliphatic heterocycles. The molecule has 2 aromatic carbocycles. The summed E-state index contributed by atoms with van der Waals surface area (Å²) in [5.74, 6) is -0.183. The van der Waals surface area contributed by atoms with E-state index < -0.39 is 11.8 Å². The lowest BCUT2D eigenvalue weighted by atomic mass is 10.2. The van der Waals surface area contributed by atoms with Crippen LogP contribution < -0.4 is 20.9 Å². The number of hydrogen-bond acceptors (Lipinski definition) is 4. The first kappa shape index (κ1) is 19.4. The van der Waals surface area contributed by atoms with Crippen molar-refractivity contribution in [1.82, 2.24) is 16.2 Å². The Hall–Kier alpha value is -2.90. The number of benzene rings is 2. The first-order valence-electron chi connectivity index (χ1n) is 7.47. The number of thiocarbonyl (C=S) groups is 1. The Morgan fingerprint density at radius 2 is 1.77 bits per heavy atom. The quantitative estimate of drug-likeness (QED) is 0.425. The standard InChI is InChI=1S/C18H16ClN3O3S/c1-25-13-9-6-12(7-10-13)8-11-16(23)20-18(26)22-21-17(24)14-4-2-3-5-15(14)19/h2-11H,1H3,(H,21,24)(H2,20,22,23,26)/b11-8+. The molecular weight excluding hydrogens is 374 g/mol. The summed E-state index contributed by atoms with van der Waals surface area (Å²) in [5, 5.41) is 2.68. The fourth-order valence-electron chi connectivity index (χ4n) is 1.90. The van der Waals surface area contributed by atoms with Gasteiger partial charge in [-0.3, -0.25) is 25.8 Å². The third-order valence-corrected chi connectivity index (χ3v) is 3.72. The van der Waals surface area contributed by atoms with Gasteiger partial charge in [-0.2, -0.15) is 0 Å². The third-order valence-electron chi connectivity index (χ3n) is 3.19. The average Bonchev–Trinajstić information content (AvgIpc) is 2.65. The topological polar surface area (TPSA) is 79.5 Å². The van der Waals surface area contributed by atoms with Crippen LogP contribution in [0.3, 0.4) is 0 Å². The van der Waals surface area contributed by atoms with E-state index >= 15 is 0 Å². The molecule has 0 radical (unpaired) electrons. The highest BCUT2D eigenvalue weighted by molar-refractivity contribution is 7.80. The van der Waals surface area contributed by atoms with Crippen LogP contribution in [0.2, 0.25) is 5.02 Å². The third kappa shape index (κ3) is 5.87. The van der Waals surface area contributed by atoms with Gasteiger partial charge in [0.15, 0.2) is 5.11 Å². The van der Waals surface area contributed by atoms with Gasteiger partial charge in [0.2, 0.25) is 5.91 Å². The minimum atomic E-state index is -0.471. The van der Waals surface area contributed by atoms with E-state index in [1.165, 1.54) is 6.08 Å². The molecule has 0 bridgehead atoms. The number of methoxy groups -OCH3 is 1. The Morgan fingerprint density at radius 1 is 1.08 bits per heavy atom. The second kappa shape index (κ2) is 9.55. The maximum atomic E-state index is 12.0. The van der Waals surface area contributed by atoms with E-state index in [1.807, 2.05) is 12.1 Å². The lowest BCUT2D eigenvalue weighted by Gasteiger charge is -2.10. The molecule has 0 saturated carbocycles. The number of halogens is 1. The maximum absolute atomic E-state index is 12.0. The van der Waals surface area contributed by atoms with Crippen LogP contribution in [0.5, 0.6) is 5.75 Å². The minimum Gasteiger partial charge on any atom is -0.497 e. The zero-order chi connectivity index (χ0) is 18.9. The van der Waals surface area contributed by atoms with Crippen LogP contribution in [0.4, 0.5) is 0 Å². The van der Waals surface area contributed by atoms with Crippen molar-refractivity contribution in [3.63, 3.8) is 0 Å². The summed E-state index contributed by atoms with van der Waals surface area (Å²) in [6, 6.07) is 13.8. The molecule has 0 unspecified atom stereocenters. The number of hydrazine groups is 1. The smallest absolute Gasteiger partial charge is 0.271 e. The first-order valence-corrected chi connectivity index (χ1v) is 8.26. The van der Waals surface area contributed by atoms with E-state index in [1.54, 1.807) is 49.6 Å². The van der Waals surface area contributed by atoms with E-state index in [0.717, 1.165) is 11.3 Å². The largest absolute Gasteiger partial charge is 0.497 e. The molecule has 0 spiro atoms. The Bertz CT molecular complexity index is 838. The molecule has 0 fully saturated rings. The second-order valence-corrected chi connectivity index (χ2v) is 5.80. The molecule has 0 atom stereocenters. The van der Waals surface area contributed by atoms with Crippen molar-refractivity contribution >= 4 is 46.8 Å². The molecule has 134 valence electrons. The van der Waals surface area contributed by atoms with Crippen LogP contribution in [0, 0.1) is 0 Å². The number of carbonyl (C=O) groups excluding carboxylic acids is 2. The highest BCUT2D eigenvalue weighted by atomic mass is 35.5. The van der Waals surface area contributed by atoms with Gasteiger partial charge < -0.3 is 4.74 Å². The Kier molecular flexibility index (Phi) is 7.13. The average molecular weight is 390 g/mol. The summed E-state index contributed by atoms with van der Waals surface area (Å²) in [7, 11) is 1.58. The summed E-state index contributed by atoms with van der Waals surface area (Å²) in [4.78, 5) is 23.8. The van der Waals surface area contributed by atoms with E-state index in [-0.39, 0.29) is 10.7 Å². The first-order chi connectivity index (χ1) is 12.5. The Labute approximate surface area is 161 Å². The van der Waals surface area contributed by atoms with Crippen LogP contribution in [-0.4, -0.2) is 24.0 Å². The van der Waals surface area contributed by atoms with Crippen molar-refractivity contribution in [1.29, 1.82) is 0 Å². The normalized spacial score (nSPS) is 10.2. The number of ether oxygens (including phenoxy) is 1. The van der Waals surface area contributed by atoms with Crippen molar-refractivity contribution in [3.8, 4) is 5.75 Å². The molecule has 0 aromatic heterocycles. The van der Waals surface area contributed by atoms with Crippen molar-refractivity contribution < 1.29 is 14.3 Å². The lowest BCUT2D eigenvalue weighted by Crippen LogP contribution is -2.48. The predicted octanol–water partition coefficient (Wildman–Crippen LogP) is 2.70. The molecule has 0 heterocycles. The maximum Gasteiger partial charge on any atom is 0.271 e. The van der Waals surface area contributed by atoms with E-state index in [4.69, 9.17) is 28.6 Å². The number of carbonyl (C=O) groups is 2. The number of hydrogen-bond donors (Lipinski definition) is 3. The van der Waals surface area contributed by atoms with Crippen LogP contribution in [-0.2, 0) is 4.79 Å². The van der Waals surface area contributed by atoms with Crippen molar-refractivity contribution in [2.24, 2.45) is 0 Å². The van der Waals surface area contributed by atoms with Crippen molar-refractivity contribution in [2.45, 2.75) is 0 Å².